The Hall–Kier alpha value is 0.660. The van der Waals surface area contributed by atoms with E-state index in [1.54, 1.807) is 0 Å². The average molecular weight is 217 g/mol. The van der Waals surface area contributed by atoms with Crippen molar-refractivity contribution in [2.75, 3.05) is 23.8 Å². The van der Waals surface area contributed by atoms with Gasteiger partial charge in [0.1, 0.15) is 0 Å². The molecule has 0 spiro atoms. The normalized spacial score (nSPS) is 39.9. The zero-order chi connectivity index (χ0) is 9.10. The van der Waals surface area contributed by atoms with Crippen molar-refractivity contribution < 1.29 is 0 Å². The maximum atomic E-state index is 3.74. The molecule has 0 aliphatic carbocycles. The van der Waals surface area contributed by atoms with Gasteiger partial charge in [-0.1, -0.05) is 6.92 Å². The highest BCUT2D eigenvalue weighted by molar-refractivity contribution is 8.00. The van der Waals surface area contributed by atoms with E-state index in [4.69, 9.17) is 0 Å². The Labute approximate surface area is 89.8 Å². The van der Waals surface area contributed by atoms with Crippen molar-refractivity contribution in [3.05, 3.63) is 0 Å². The lowest BCUT2D eigenvalue weighted by molar-refractivity contribution is 0.449. The maximum absolute atomic E-state index is 3.74. The van der Waals surface area contributed by atoms with E-state index in [2.05, 4.69) is 35.8 Å². The van der Waals surface area contributed by atoms with Crippen LogP contribution in [0.5, 0.6) is 0 Å². The van der Waals surface area contributed by atoms with E-state index in [0.29, 0.717) is 0 Å². The molecule has 0 saturated carbocycles. The quantitative estimate of drug-likeness (QED) is 0.778. The van der Waals surface area contributed by atoms with Gasteiger partial charge >= 0.3 is 0 Å². The summed E-state index contributed by atoms with van der Waals surface area (Å²) in [6, 6.07) is 0.801. The molecule has 2 heterocycles. The van der Waals surface area contributed by atoms with Gasteiger partial charge in [-0.05, 0) is 42.6 Å². The van der Waals surface area contributed by atoms with E-state index in [-0.39, 0.29) is 0 Å². The molecule has 0 radical (unpaired) electrons. The molecule has 76 valence electrons. The summed E-state index contributed by atoms with van der Waals surface area (Å²) in [4.78, 5) is 0. The molecule has 2 aliphatic heterocycles. The van der Waals surface area contributed by atoms with Gasteiger partial charge in [0.2, 0.25) is 0 Å². The van der Waals surface area contributed by atoms with Gasteiger partial charge in [0.05, 0.1) is 0 Å². The summed E-state index contributed by atoms with van der Waals surface area (Å²) < 4.78 is 0. The van der Waals surface area contributed by atoms with Crippen LogP contribution in [0.3, 0.4) is 0 Å². The summed E-state index contributed by atoms with van der Waals surface area (Å²) in [5.41, 5.74) is 0. The summed E-state index contributed by atoms with van der Waals surface area (Å²) in [6.45, 7) is 3.63. The molecule has 1 N–H and O–H groups in total. The standard InChI is InChI=1S/C10H19NS2/c1-8-10(3-5-13-8)11-6-9-2-4-12-7-9/h8-11H,2-7H2,1H3. The van der Waals surface area contributed by atoms with Gasteiger partial charge in [0, 0.05) is 11.3 Å². The average Bonchev–Trinajstić information content (AvgIpc) is 2.72. The number of hydrogen-bond acceptors (Lipinski definition) is 3. The third-order valence-corrected chi connectivity index (χ3v) is 5.63. The topological polar surface area (TPSA) is 12.0 Å². The van der Waals surface area contributed by atoms with Crippen LogP contribution in [0.25, 0.3) is 0 Å². The predicted molar refractivity (Wildman–Crippen MR) is 63.8 cm³/mol. The van der Waals surface area contributed by atoms with E-state index in [1.165, 1.54) is 36.6 Å². The Morgan fingerprint density at radius 2 is 2.23 bits per heavy atom. The Kier molecular flexibility index (Phi) is 3.87. The summed E-state index contributed by atoms with van der Waals surface area (Å²) in [5.74, 6) is 5.10. The molecule has 13 heavy (non-hydrogen) atoms. The highest BCUT2D eigenvalue weighted by Crippen LogP contribution is 2.27. The molecule has 0 amide bonds. The highest BCUT2D eigenvalue weighted by atomic mass is 32.2. The number of hydrogen-bond donors (Lipinski definition) is 1. The zero-order valence-corrected chi connectivity index (χ0v) is 9.92. The van der Waals surface area contributed by atoms with Crippen LogP contribution in [0.2, 0.25) is 0 Å². The Morgan fingerprint density at radius 1 is 1.31 bits per heavy atom. The third kappa shape index (κ3) is 2.80. The van der Waals surface area contributed by atoms with Crippen LogP contribution in [-0.4, -0.2) is 35.1 Å². The lowest BCUT2D eigenvalue weighted by Gasteiger charge is -2.18. The first-order chi connectivity index (χ1) is 6.36. The predicted octanol–water partition coefficient (Wildman–Crippen LogP) is 2.22. The Bertz CT molecular complexity index is 157. The lowest BCUT2D eigenvalue weighted by atomic mass is 10.1. The van der Waals surface area contributed by atoms with Crippen LogP contribution in [0, 0.1) is 5.92 Å². The van der Waals surface area contributed by atoms with E-state index in [0.717, 1.165) is 17.2 Å². The fourth-order valence-corrected chi connectivity index (χ4v) is 4.57. The van der Waals surface area contributed by atoms with Gasteiger partial charge in [-0.15, -0.1) is 0 Å². The number of nitrogens with one attached hydrogen (secondary N) is 1. The van der Waals surface area contributed by atoms with E-state index in [1.807, 2.05) is 0 Å². The molecule has 3 heteroatoms. The van der Waals surface area contributed by atoms with E-state index < -0.39 is 0 Å². The molecule has 0 bridgehead atoms. The Morgan fingerprint density at radius 3 is 2.85 bits per heavy atom. The molecule has 2 fully saturated rings. The van der Waals surface area contributed by atoms with E-state index >= 15 is 0 Å². The molecule has 1 nitrogen and oxygen atoms in total. The maximum Gasteiger partial charge on any atom is 0.0191 e. The van der Waals surface area contributed by atoms with Crippen LogP contribution in [0.4, 0.5) is 0 Å². The number of rotatable bonds is 3. The molecule has 3 unspecified atom stereocenters. The first-order valence-corrected chi connectivity index (χ1v) is 7.49. The monoisotopic (exact) mass is 217 g/mol. The summed E-state index contributed by atoms with van der Waals surface area (Å²) in [6.07, 6.45) is 2.82. The minimum Gasteiger partial charge on any atom is -0.313 e. The Balaban J connectivity index is 1.66. The van der Waals surface area contributed by atoms with E-state index in [9.17, 15) is 0 Å². The zero-order valence-electron chi connectivity index (χ0n) is 8.29. The minimum atomic E-state index is 0.801. The van der Waals surface area contributed by atoms with Crippen molar-refractivity contribution in [3.63, 3.8) is 0 Å². The second kappa shape index (κ2) is 4.94. The van der Waals surface area contributed by atoms with Crippen LogP contribution < -0.4 is 5.32 Å². The lowest BCUT2D eigenvalue weighted by Crippen LogP contribution is -2.36. The molecule has 0 aromatic heterocycles. The molecular weight excluding hydrogens is 198 g/mol. The van der Waals surface area contributed by atoms with Crippen molar-refractivity contribution >= 4 is 23.5 Å². The molecule has 2 rings (SSSR count). The molecular formula is C10H19NS2. The van der Waals surface area contributed by atoms with Crippen LogP contribution >= 0.6 is 23.5 Å². The molecule has 2 aliphatic rings. The largest absolute Gasteiger partial charge is 0.313 e. The first-order valence-electron chi connectivity index (χ1n) is 5.29. The van der Waals surface area contributed by atoms with Gasteiger partial charge in [-0.3, -0.25) is 0 Å². The smallest absolute Gasteiger partial charge is 0.0191 e. The van der Waals surface area contributed by atoms with Crippen LogP contribution in [0.1, 0.15) is 19.8 Å². The fourth-order valence-electron chi connectivity index (χ4n) is 2.06. The second-order valence-electron chi connectivity index (χ2n) is 4.11. The van der Waals surface area contributed by atoms with Crippen molar-refractivity contribution in [2.24, 2.45) is 5.92 Å². The third-order valence-electron chi connectivity index (χ3n) is 3.07. The van der Waals surface area contributed by atoms with Crippen molar-refractivity contribution in [1.29, 1.82) is 0 Å². The van der Waals surface area contributed by atoms with Crippen molar-refractivity contribution in [1.82, 2.24) is 5.32 Å². The van der Waals surface area contributed by atoms with Crippen LogP contribution in [0.15, 0.2) is 0 Å². The summed E-state index contributed by atoms with van der Waals surface area (Å²) in [5, 5.41) is 4.58. The SMILES string of the molecule is CC1SCCC1NCC1CCSC1. The highest BCUT2D eigenvalue weighted by Gasteiger charge is 2.24. The fraction of sp³-hybridized carbons (Fsp3) is 1.00. The molecule has 3 atom stereocenters. The van der Waals surface area contributed by atoms with Gasteiger partial charge in [0.25, 0.3) is 0 Å². The van der Waals surface area contributed by atoms with Gasteiger partial charge in [-0.2, -0.15) is 23.5 Å². The minimum absolute atomic E-state index is 0.801. The molecule has 2 saturated heterocycles. The number of thioether (sulfide) groups is 2. The van der Waals surface area contributed by atoms with Crippen molar-refractivity contribution in [2.45, 2.75) is 31.1 Å². The van der Waals surface area contributed by atoms with Gasteiger partial charge < -0.3 is 5.32 Å². The van der Waals surface area contributed by atoms with Gasteiger partial charge in [-0.25, -0.2) is 0 Å². The molecule has 0 aromatic rings. The van der Waals surface area contributed by atoms with Crippen LogP contribution in [-0.2, 0) is 0 Å². The second-order valence-corrected chi connectivity index (χ2v) is 6.74. The summed E-state index contributed by atoms with van der Waals surface area (Å²) >= 11 is 4.24. The summed E-state index contributed by atoms with van der Waals surface area (Å²) in [7, 11) is 0. The van der Waals surface area contributed by atoms with Gasteiger partial charge in [0.15, 0.2) is 0 Å². The first kappa shape index (κ1) is 10.2. The van der Waals surface area contributed by atoms with Crippen molar-refractivity contribution in [3.8, 4) is 0 Å². The molecule has 0 aromatic carbocycles.